The van der Waals surface area contributed by atoms with Crippen LogP contribution in [0.1, 0.15) is 0 Å². The lowest BCUT2D eigenvalue weighted by Gasteiger charge is -2.12. The van der Waals surface area contributed by atoms with E-state index in [9.17, 15) is 12.8 Å². The molecule has 0 spiro atoms. The summed E-state index contributed by atoms with van der Waals surface area (Å²) in [6.45, 7) is 0. The van der Waals surface area contributed by atoms with Crippen LogP contribution in [0.5, 0.6) is 0 Å². The van der Waals surface area contributed by atoms with Gasteiger partial charge in [0, 0.05) is 0 Å². The van der Waals surface area contributed by atoms with Gasteiger partial charge in [-0.25, -0.2) is 12.8 Å². The molecule has 0 unspecified atom stereocenters. The molecule has 4 N–H and O–H groups in total. The van der Waals surface area contributed by atoms with Gasteiger partial charge in [0.05, 0.1) is 11.4 Å². The summed E-state index contributed by atoms with van der Waals surface area (Å²) >= 11 is 0. The Kier molecular flexibility index (Phi) is 3.68. The number of halogens is 1. The highest BCUT2D eigenvalue weighted by molar-refractivity contribution is 7.92. The third-order valence-electron chi connectivity index (χ3n) is 2.45. The first-order valence-electron chi connectivity index (χ1n) is 5.37. The summed E-state index contributed by atoms with van der Waals surface area (Å²) in [4.78, 5) is -0.0549. The van der Waals surface area contributed by atoms with Crippen molar-refractivity contribution in [3.63, 3.8) is 0 Å². The molecule has 0 atom stereocenters. The number of para-hydroxylation sites is 2. The minimum Gasteiger partial charge on any atom is -0.323 e. The van der Waals surface area contributed by atoms with Gasteiger partial charge >= 0.3 is 0 Å². The zero-order valence-electron chi connectivity index (χ0n) is 9.80. The van der Waals surface area contributed by atoms with Crippen LogP contribution in [-0.2, 0) is 10.0 Å². The Bertz CT molecular complexity index is 689. The number of hydrogen-bond donors (Lipinski definition) is 3. The SMILES string of the molecule is NNc1ccccc1S(=O)(=O)Nc1ccccc1F. The topological polar surface area (TPSA) is 84.2 Å². The zero-order chi connectivity index (χ0) is 13.9. The van der Waals surface area contributed by atoms with E-state index in [0.29, 0.717) is 0 Å². The Hall–Kier alpha value is -2.12. The third kappa shape index (κ3) is 2.83. The Morgan fingerprint density at radius 3 is 2.16 bits per heavy atom. The van der Waals surface area contributed by atoms with Gasteiger partial charge in [0.2, 0.25) is 0 Å². The van der Waals surface area contributed by atoms with E-state index in [1.807, 2.05) is 0 Å². The van der Waals surface area contributed by atoms with E-state index in [4.69, 9.17) is 5.84 Å². The second kappa shape index (κ2) is 5.25. The molecule has 0 amide bonds. The van der Waals surface area contributed by atoms with Crippen LogP contribution in [0.4, 0.5) is 15.8 Å². The molecule has 0 bridgehead atoms. The second-order valence-corrected chi connectivity index (χ2v) is 5.38. The Morgan fingerprint density at radius 1 is 0.947 bits per heavy atom. The Labute approximate surface area is 110 Å². The molecule has 0 saturated heterocycles. The first-order chi connectivity index (χ1) is 9.04. The predicted molar refractivity (Wildman–Crippen MR) is 71.5 cm³/mol. The summed E-state index contributed by atoms with van der Waals surface area (Å²) in [5, 5.41) is 0. The number of benzene rings is 2. The van der Waals surface area contributed by atoms with Crippen LogP contribution in [0.2, 0.25) is 0 Å². The number of nitrogens with one attached hydrogen (secondary N) is 2. The molecule has 0 heterocycles. The quantitative estimate of drug-likeness (QED) is 0.590. The molecule has 100 valence electrons. The molecule has 0 aliphatic heterocycles. The van der Waals surface area contributed by atoms with Crippen molar-refractivity contribution in [3.05, 3.63) is 54.3 Å². The molecule has 0 saturated carbocycles. The third-order valence-corrected chi connectivity index (χ3v) is 3.87. The van der Waals surface area contributed by atoms with Crippen LogP contribution in [0, 0.1) is 5.82 Å². The molecule has 7 heteroatoms. The first-order valence-corrected chi connectivity index (χ1v) is 6.86. The summed E-state index contributed by atoms with van der Waals surface area (Å²) in [6.07, 6.45) is 0. The smallest absolute Gasteiger partial charge is 0.264 e. The molecule has 2 aromatic rings. The van der Waals surface area contributed by atoms with Gasteiger partial charge in [-0.2, -0.15) is 0 Å². The normalized spacial score (nSPS) is 11.1. The van der Waals surface area contributed by atoms with Gasteiger partial charge in [-0.15, -0.1) is 0 Å². The Balaban J connectivity index is 2.41. The summed E-state index contributed by atoms with van der Waals surface area (Å²) in [5.74, 6) is 4.61. The zero-order valence-corrected chi connectivity index (χ0v) is 10.6. The van der Waals surface area contributed by atoms with Crippen molar-refractivity contribution in [2.75, 3.05) is 10.1 Å². The van der Waals surface area contributed by atoms with Gasteiger partial charge in [-0.1, -0.05) is 24.3 Å². The highest BCUT2D eigenvalue weighted by Gasteiger charge is 2.19. The molecular formula is C12H12FN3O2S. The molecule has 0 aliphatic rings. The van der Waals surface area contributed by atoms with Gasteiger partial charge in [0.1, 0.15) is 10.7 Å². The van der Waals surface area contributed by atoms with E-state index in [0.717, 1.165) is 0 Å². The van der Waals surface area contributed by atoms with Crippen molar-refractivity contribution in [1.29, 1.82) is 0 Å². The van der Waals surface area contributed by atoms with Gasteiger partial charge in [0.15, 0.2) is 0 Å². The average molecular weight is 281 g/mol. The summed E-state index contributed by atoms with van der Waals surface area (Å²) < 4.78 is 40.0. The predicted octanol–water partition coefficient (Wildman–Crippen LogP) is 1.91. The van der Waals surface area contributed by atoms with E-state index in [1.54, 1.807) is 12.1 Å². The van der Waals surface area contributed by atoms with Gasteiger partial charge < -0.3 is 5.43 Å². The number of nitrogen functional groups attached to an aromatic ring is 1. The lowest BCUT2D eigenvalue weighted by atomic mass is 10.3. The molecule has 5 nitrogen and oxygen atoms in total. The fourth-order valence-electron chi connectivity index (χ4n) is 1.56. The number of hydrogen-bond acceptors (Lipinski definition) is 4. The largest absolute Gasteiger partial charge is 0.323 e. The monoisotopic (exact) mass is 281 g/mol. The van der Waals surface area contributed by atoms with Crippen molar-refractivity contribution < 1.29 is 12.8 Å². The van der Waals surface area contributed by atoms with Gasteiger partial charge in [-0.05, 0) is 24.3 Å². The summed E-state index contributed by atoms with van der Waals surface area (Å²) in [6, 6.07) is 11.6. The highest BCUT2D eigenvalue weighted by Crippen LogP contribution is 2.23. The standard InChI is InChI=1S/C12H12FN3O2S/c13-9-5-1-2-6-10(9)16-19(17,18)12-8-4-3-7-11(12)15-14/h1-8,15-16H,14H2. The van der Waals surface area contributed by atoms with Crippen molar-refractivity contribution >= 4 is 21.4 Å². The van der Waals surface area contributed by atoms with E-state index in [2.05, 4.69) is 10.1 Å². The van der Waals surface area contributed by atoms with Crippen LogP contribution in [0.3, 0.4) is 0 Å². The van der Waals surface area contributed by atoms with Crippen LogP contribution in [0.25, 0.3) is 0 Å². The van der Waals surface area contributed by atoms with Crippen molar-refractivity contribution in [3.8, 4) is 0 Å². The second-order valence-electron chi connectivity index (χ2n) is 3.73. The van der Waals surface area contributed by atoms with Gasteiger partial charge in [0.25, 0.3) is 10.0 Å². The van der Waals surface area contributed by atoms with E-state index >= 15 is 0 Å². The fraction of sp³-hybridized carbons (Fsp3) is 0. The average Bonchev–Trinajstić information content (AvgIpc) is 2.41. The summed E-state index contributed by atoms with van der Waals surface area (Å²) in [5.41, 5.74) is 2.40. The number of anilines is 2. The van der Waals surface area contributed by atoms with E-state index in [-0.39, 0.29) is 16.3 Å². The first kappa shape index (κ1) is 13.3. The number of sulfonamides is 1. The number of nitrogens with two attached hydrogens (primary N) is 1. The maximum absolute atomic E-state index is 13.5. The minimum absolute atomic E-state index is 0.0549. The van der Waals surface area contributed by atoms with Crippen LogP contribution in [-0.4, -0.2) is 8.42 Å². The lowest BCUT2D eigenvalue weighted by Crippen LogP contribution is -2.18. The molecule has 0 fully saturated rings. The van der Waals surface area contributed by atoms with Crippen molar-refractivity contribution in [1.82, 2.24) is 0 Å². The van der Waals surface area contributed by atoms with Crippen molar-refractivity contribution in [2.24, 2.45) is 5.84 Å². The molecule has 0 radical (unpaired) electrons. The maximum Gasteiger partial charge on any atom is 0.264 e. The molecule has 2 aromatic carbocycles. The molecule has 0 aromatic heterocycles. The molecule has 0 aliphatic carbocycles. The van der Waals surface area contributed by atoms with Crippen LogP contribution in [0.15, 0.2) is 53.4 Å². The van der Waals surface area contributed by atoms with Gasteiger partial charge in [-0.3, -0.25) is 10.6 Å². The molecule has 2 rings (SSSR count). The Morgan fingerprint density at radius 2 is 1.53 bits per heavy atom. The van der Waals surface area contributed by atoms with Crippen LogP contribution < -0.4 is 16.0 Å². The van der Waals surface area contributed by atoms with E-state index in [1.165, 1.54) is 36.4 Å². The summed E-state index contributed by atoms with van der Waals surface area (Å²) in [7, 11) is -3.91. The maximum atomic E-state index is 13.5. The molecule has 19 heavy (non-hydrogen) atoms. The fourth-order valence-corrected chi connectivity index (χ4v) is 2.80. The minimum atomic E-state index is -3.91. The highest BCUT2D eigenvalue weighted by atomic mass is 32.2. The van der Waals surface area contributed by atoms with Crippen LogP contribution >= 0.6 is 0 Å². The molecular weight excluding hydrogens is 269 g/mol. The van der Waals surface area contributed by atoms with E-state index < -0.39 is 15.8 Å². The number of rotatable bonds is 4. The number of hydrazine groups is 1. The lowest BCUT2D eigenvalue weighted by molar-refractivity contribution is 0.599. The van der Waals surface area contributed by atoms with Crippen molar-refractivity contribution in [2.45, 2.75) is 4.90 Å².